The number of nitrogens with one attached hydrogen (secondary N) is 2. The number of carbonyl (C=O) groups excluding carboxylic acids is 1. The third-order valence-corrected chi connectivity index (χ3v) is 5.72. The number of hydrogen-bond donors (Lipinski definition) is 2. The van der Waals surface area contributed by atoms with Crippen molar-refractivity contribution in [2.45, 2.75) is 19.8 Å². The van der Waals surface area contributed by atoms with E-state index in [2.05, 4.69) is 38.2 Å². The van der Waals surface area contributed by atoms with Gasteiger partial charge in [0.25, 0.3) is 11.6 Å². The first kappa shape index (κ1) is 20.4. The highest BCUT2D eigenvalue weighted by Gasteiger charge is 2.24. The molecule has 3 rings (SSSR count). The minimum Gasteiger partial charge on any atom is -0.366 e. The van der Waals surface area contributed by atoms with Gasteiger partial charge in [-0.1, -0.05) is 0 Å². The van der Waals surface area contributed by atoms with Crippen LogP contribution in [0.1, 0.15) is 28.9 Å². The van der Waals surface area contributed by atoms with E-state index >= 15 is 0 Å². The highest BCUT2D eigenvalue weighted by molar-refractivity contribution is 14.1. The Morgan fingerprint density at radius 3 is 2.64 bits per heavy atom. The summed E-state index contributed by atoms with van der Waals surface area (Å²) in [6, 6.07) is 8.13. The number of rotatable bonds is 4. The summed E-state index contributed by atoms with van der Waals surface area (Å²) in [6.07, 6.45) is 2.01. The zero-order chi connectivity index (χ0) is 20.3. The second kappa shape index (κ2) is 8.78. The zero-order valence-corrected chi connectivity index (χ0v) is 18.0. The molecule has 0 atom stereocenters. The number of hydrogen-bond acceptors (Lipinski definition) is 6. The van der Waals surface area contributed by atoms with Gasteiger partial charge in [-0.25, -0.2) is 4.98 Å². The summed E-state index contributed by atoms with van der Waals surface area (Å²) in [6.45, 7) is 3.43. The molecule has 0 bridgehead atoms. The second-order valence-corrected chi connectivity index (χ2v) is 7.90. The number of nitro groups is 1. The molecule has 2 N–H and O–H groups in total. The number of thiocarbonyl (C=S) groups is 1. The van der Waals surface area contributed by atoms with Gasteiger partial charge in [-0.3, -0.25) is 20.2 Å². The molecule has 2 heterocycles. The van der Waals surface area contributed by atoms with Crippen molar-refractivity contribution in [1.82, 2.24) is 10.3 Å². The average molecular weight is 511 g/mol. The number of halogens is 1. The molecule has 0 spiro atoms. The number of carbonyl (C=O) groups is 1. The maximum atomic E-state index is 12.5. The largest absolute Gasteiger partial charge is 0.366 e. The van der Waals surface area contributed by atoms with Crippen molar-refractivity contribution in [3.8, 4) is 0 Å². The summed E-state index contributed by atoms with van der Waals surface area (Å²) in [5.74, 6) is -0.00520. The van der Waals surface area contributed by atoms with Gasteiger partial charge in [0.2, 0.25) is 0 Å². The molecule has 28 heavy (non-hydrogen) atoms. The van der Waals surface area contributed by atoms with Gasteiger partial charge in [0.1, 0.15) is 11.5 Å². The Morgan fingerprint density at radius 2 is 2.00 bits per heavy atom. The zero-order valence-electron chi connectivity index (χ0n) is 15.1. The van der Waals surface area contributed by atoms with Gasteiger partial charge in [-0.05, 0) is 78.8 Å². The van der Waals surface area contributed by atoms with Crippen LogP contribution in [0.2, 0.25) is 0 Å². The van der Waals surface area contributed by atoms with E-state index in [1.165, 1.54) is 6.07 Å². The topological polar surface area (TPSA) is 100 Å². The van der Waals surface area contributed by atoms with Crippen molar-refractivity contribution < 1.29 is 9.72 Å². The SMILES string of the molecule is Cc1nc(NC(=S)NC(=O)c2ccc(N3CCCC3)c([N+](=O)[O-])c2)ccc1I. The van der Waals surface area contributed by atoms with Crippen LogP contribution in [0.25, 0.3) is 0 Å². The number of aryl methyl sites for hydroxylation is 1. The molecule has 10 heteroatoms. The number of nitrogens with zero attached hydrogens (tertiary/aromatic N) is 3. The van der Waals surface area contributed by atoms with Gasteiger partial charge in [-0.2, -0.15) is 0 Å². The average Bonchev–Trinajstić information content (AvgIpc) is 3.18. The number of amides is 1. The molecule has 0 unspecified atom stereocenters. The molecular formula is C18H18IN5O3S. The summed E-state index contributed by atoms with van der Waals surface area (Å²) in [5.41, 5.74) is 1.47. The van der Waals surface area contributed by atoms with E-state index in [9.17, 15) is 14.9 Å². The third kappa shape index (κ3) is 4.73. The van der Waals surface area contributed by atoms with Crippen LogP contribution in [0.15, 0.2) is 30.3 Å². The predicted molar refractivity (Wildman–Crippen MR) is 120 cm³/mol. The van der Waals surface area contributed by atoms with E-state index in [-0.39, 0.29) is 16.4 Å². The lowest BCUT2D eigenvalue weighted by atomic mass is 10.1. The molecule has 1 fully saturated rings. The highest BCUT2D eigenvalue weighted by atomic mass is 127. The minimum absolute atomic E-state index is 0.0735. The van der Waals surface area contributed by atoms with E-state index < -0.39 is 10.8 Å². The third-order valence-electron chi connectivity index (χ3n) is 4.37. The van der Waals surface area contributed by atoms with Crippen molar-refractivity contribution in [1.29, 1.82) is 0 Å². The Morgan fingerprint density at radius 1 is 1.29 bits per heavy atom. The molecule has 0 saturated carbocycles. The van der Waals surface area contributed by atoms with Crippen LogP contribution >= 0.6 is 34.8 Å². The Balaban J connectivity index is 1.72. The van der Waals surface area contributed by atoms with Gasteiger partial charge >= 0.3 is 0 Å². The Hall–Kier alpha value is -2.34. The summed E-state index contributed by atoms with van der Waals surface area (Å²) in [4.78, 5) is 29.8. The summed E-state index contributed by atoms with van der Waals surface area (Å²) in [7, 11) is 0. The monoisotopic (exact) mass is 511 g/mol. The number of benzene rings is 1. The van der Waals surface area contributed by atoms with Crippen LogP contribution in [0.5, 0.6) is 0 Å². The number of nitro benzene ring substituents is 1. The molecule has 2 aromatic rings. The maximum absolute atomic E-state index is 12.5. The lowest BCUT2D eigenvalue weighted by molar-refractivity contribution is -0.384. The molecule has 146 valence electrons. The van der Waals surface area contributed by atoms with Gasteiger partial charge in [-0.15, -0.1) is 0 Å². The van der Waals surface area contributed by atoms with Gasteiger partial charge in [0.05, 0.1) is 10.6 Å². The maximum Gasteiger partial charge on any atom is 0.293 e. The fraction of sp³-hybridized carbons (Fsp3) is 0.278. The molecule has 1 amide bonds. The number of pyridine rings is 1. The smallest absolute Gasteiger partial charge is 0.293 e. The summed E-state index contributed by atoms with van der Waals surface area (Å²) < 4.78 is 1.02. The van der Waals surface area contributed by atoms with Gasteiger partial charge < -0.3 is 10.2 Å². The molecular weight excluding hydrogens is 493 g/mol. The first-order valence-electron chi connectivity index (χ1n) is 8.64. The van der Waals surface area contributed by atoms with E-state index in [0.29, 0.717) is 11.5 Å². The molecule has 1 aromatic heterocycles. The first-order chi connectivity index (χ1) is 13.3. The Labute approximate surface area is 181 Å². The molecule has 1 aliphatic rings. The van der Waals surface area contributed by atoms with Crippen molar-refractivity contribution >= 4 is 63.0 Å². The fourth-order valence-electron chi connectivity index (χ4n) is 2.97. The lowest BCUT2D eigenvalue weighted by Crippen LogP contribution is -2.34. The van der Waals surface area contributed by atoms with Crippen molar-refractivity contribution in [2.24, 2.45) is 0 Å². The minimum atomic E-state index is -0.518. The molecule has 8 nitrogen and oxygen atoms in total. The molecule has 0 radical (unpaired) electrons. The van der Waals surface area contributed by atoms with Gasteiger partial charge in [0.15, 0.2) is 5.11 Å². The Kier molecular flexibility index (Phi) is 6.39. The molecule has 0 aliphatic carbocycles. The predicted octanol–water partition coefficient (Wildman–Crippen LogP) is 3.63. The molecule has 1 aliphatic heterocycles. The van der Waals surface area contributed by atoms with Crippen LogP contribution in [-0.2, 0) is 0 Å². The standard InChI is InChI=1S/C18H18IN5O3S/c1-11-13(19)5-7-16(20-11)21-18(28)22-17(25)12-4-6-14(15(10-12)24(26)27)23-8-2-3-9-23/h4-7,10H,2-3,8-9H2,1H3,(H2,20,21,22,25,28). The van der Waals surface area contributed by atoms with Crippen LogP contribution in [0.4, 0.5) is 17.2 Å². The van der Waals surface area contributed by atoms with Crippen molar-refractivity contribution in [3.63, 3.8) is 0 Å². The summed E-state index contributed by atoms with van der Waals surface area (Å²) in [5, 5.41) is 16.9. The van der Waals surface area contributed by atoms with Crippen LogP contribution in [-0.4, -0.2) is 34.0 Å². The number of aromatic nitrogens is 1. The normalized spacial score (nSPS) is 13.3. The van der Waals surface area contributed by atoms with Crippen LogP contribution in [0, 0.1) is 20.6 Å². The second-order valence-electron chi connectivity index (χ2n) is 6.33. The number of anilines is 2. The van der Waals surface area contributed by atoms with Gasteiger partial charge in [0, 0.05) is 28.3 Å². The quantitative estimate of drug-likeness (QED) is 0.280. The molecule has 1 saturated heterocycles. The van der Waals surface area contributed by atoms with E-state index in [1.807, 2.05) is 17.9 Å². The van der Waals surface area contributed by atoms with Crippen LogP contribution < -0.4 is 15.5 Å². The fourth-order valence-corrected chi connectivity index (χ4v) is 3.47. The van der Waals surface area contributed by atoms with Crippen molar-refractivity contribution in [2.75, 3.05) is 23.3 Å². The van der Waals surface area contributed by atoms with E-state index in [1.54, 1.807) is 18.2 Å². The highest BCUT2D eigenvalue weighted by Crippen LogP contribution is 2.31. The van der Waals surface area contributed by atoms with E-state index in [4.69, 9.17) is 12.2 Å². The first-order valence-corrected chi connectivity index (χ1v) is 10.1. The van der Waals surface area contributed by atoms with E-state index in [0.717, 1.165) is 35.2 Å². The van der Waals surface area contributed by atoms with Crippen LogP contribution in [0.3, 0.4) is 0 Å². The lowest BCUT2D eigenvalue weighted by Gasteiger charge is -2.18. The van der Waals surface area contributed by atoms with Crippen molar-refractivity contribution in [3.05, 3.63) is 55.3 Å². The molecule has 1 aromatic carbocycles. The Bertz CT molecular complexity index is 947. The summed E-state index contributed by atoms with van der Waals surface area (Å²) >= 11 is 7.33.